The molecule has 3 nitrogen and oxygen atoms in total. The van der Waals surface area contributed by atoms with Gasteiger partial charge in [-0.1, -0.05) is 11.1 Å². The monoisotopic (exact) mass is 204 g/mol. The van der Waals surface area contributed by atoms with Crippen LogP contribution >= 0.6 is 24.7 Å². The molecule has 0 saturated carbocycles. The second-order valence-electron chi connectivity index (χ2n) is 2.17. The van der Waals surface area contributed by atoms with Crippen molar-refractivity contribution in [3.8, 4) is 0 Å². The Balaban J connectivity index is 2.69. The molecule has 0 saturated heterocycles. The van der Waals surface area contributed by atoms with Crippen LogP contribution in [0.25, 0.3) is 0 Å². The van der Waals surface area contributed by atoms with Gasteiger partial charge < -0.3 is 0 Å². The Kier molecular flexibility index (Phi) is 3.90. The highest BCUT2D eigenvalue weighted by atomic mass is 32.2. The summed E-state index contributed by atoms with van der Waals surface area (Å²) in [4.78, 5) is 1.70. The lowest BCUT2D eigenvalue weighted by Crippen LogP contribution is -1.80. The number of hydrogen-bond donors (Lipinski definition) is 2. The van der Waals surface area contributed by atoms with E-state index < -0.39 is 0 Å². The first-order valence-corrected chi connectivity index (χ1v) is 4.37. The van der Waals surface area contributed by atoms with E-state index in [1.807, 2.05) is 25.1 Å². The van der Waals surface area contributed by atoms with E-state index >= 15 is 0 Å². The molecule has 0 atom stereocenters. The third-order valence-electron chi connectivity index (χ3n) is 1.34. The molecule has 0 aliphatic carbocycles. The van der Waals surface area contributed by atoms with E-state index in [1.54, 1.807) is 0 Å². The van der Waals surface area contributed by atoms with E-state index in [0.717, 1.165) is 27.4 Å². The Morgan fingerprint density at radius 1 is 1.50 bits per heavy atom. The van der Waals surface area contributed by atoms with Gasteiger partial charge in [-0.3, -0.25) is 0 Å². The Morgan fingerprint density at radius 2 is 2.25 bits per heavy atom. The molecule has 66 valence electrons. The quantitative estimate of drug-likeness (QED) is 0.343. The minimum absolute atomic E-state index is 0.819. The van der Waals surface area contributed by atoms with Crippen molar-refractivity contribution in [1.29, 1.82) is 0 Å². The van der Waals surface area contributed by atoms with Crippen LogP contribution in [0.1, 0.15) is 5.56 Å². The van der Waals surface area contributed by atoms with E-state index in [9.17, 15) is 0 Å². The first kappa shape index (κ1) is 9.88. The summed E-state index contributed by atoms with van der Waals surface area (Å²) in [5, 5.41) is 11.3. The zero-order valence-corrected chi connectivity index (χ0v) is 8.06. The minimum Gasteiger partial charge on any atom is -0.220 e. The maximum absolute atomic E-state index is 7.89. The Labute approximate surface area is 80.2 Å². The zero-order chi connectivity index (χ0) is 8.97. The molecular weight excluding hydrogens is 196 g/mol. The van der Waals surface area contributed by atoms with Crippen LogP contribution in [0.5, 0.6) is 0 Å². The average molecular weight is 204 g/mol. The molecule has 0 aromatic heterocycles. The van der Waals surface area contributed by atoms with Crippen molar-refractivity contribution < 1.29 is 14.6 Å². The lowest BCUT2D eigenvalue weighted by molar-refractivity contribution is -0.432. The topological polar surface area (TPSA) is 38.7 Å². The summed E-state index contributed by atoms with van der Waals surface area (Å²) in [7, 11) is 0. The molecule has 1 aromatic carbocycles. The fraction of sp³-hybridized carbons (Fsp3) is 0.143. The van der Waals surface area contributed by atoms with Crippen molar-refractivity contribution in [2.24, 2.45) is 0 Å². The normalized spacial score (nSPS) is 10.2. The van der Waals surface area contributed by atoms with Gasteiger partial charge in [-0.2, -0.15) is 0 Å². The Morgan fingerprint density at radius 3 is 2.83 bits per heavy atom. The van der Waals surface area contributed by atoms with Crippen molar-refractivity contribution >= 4 is 24.7 Å². The van der Waals surface area contributed by atoms with Crippen LogP contribution in [0.15, 0.2) is 28.0 Å². The Bertz CT molecular complexity index is 265. The van der Waals surface area contributed by atoms with Crippen LogP contribution < -0.4 is 0 Å². The van der Waals surface area contributed by atoms with Gasteiger partial charge in [0, 0.05) is 9.79 Å². The number of benzene rings is 1. The van der Waals surface area contributed by atoms with Crippen molar-refractivity contribution in [3.63, 3.8) is 0 Å². The van der Waals surface area contributed by atoms with Crippen LogP contribution in [0.4, 0.5) is 0 Å². The number of hydrogen-bond acceptors (Lipinski definition) is 5. The lowest BCUT2D eigenvalue weighted by Gasteiger charge is -2.00. The van der Waals surface area contributed by atoms with Crippen molar-refractivity contribution in [3.05, 3.63) is 23.8 Å². The SMILES string of the molecule is Cc1ccc(SOOO)cc1S. The van der Waals surface area contributed by atoms with E-state index in [4.69, 9.17) is 5.26 Å². The third-order valence-corrected chi connectivity index (χ3v) is 2.40. The molecule has 0 aliphatic rings. The molecule has 0 radical (unpaired) electrons. The van der Waals surface area contributed by atoms with Gasteiger partial charge in [0.1, 0.15) is 0 Å². The minimum atomic E-state index is 0.819. The van der Waals surface area contributed by atoms with Gasteiger partial charge in [-0.25, -0.2) is 5.26 Å². The molecule has 5 heteroatoms. The summed E-state index contributed by atoms with van der Waals surface area (Å²) >= 11 is 5.14. The van der Waals surface area contributed by atoms with E-state index in [2.05, 4.69) is 22.0 Å². The Hall–Kier alpha value is -0.200. The second kappa shape index (κ2) is 4.74. The summed E-state index contributed by atoms with van der Waals surface area (Å²) in [6, 6.07) is 5.58. The standard InChI is InChI=1S/C7H8O3S2/c1-5-2-3-6(4-7(5)11)12-10-9-8/h2-4,8,11H,1H3. The van der Waals surface area contributed by atoms with Crippen LogP contribution in [0.3, 0.4) is 0 Å². The fourth-order valence-electron chi connectivity index (χ4n) is 0.696. The molecule has 0 heterocycles. The van der Waals surface area contributed by atoms with Crippen molar-refractivity contribution in [2.75, 3.05) is 0 Å². The molecule has 0 unspecified atom stereocenters. The molecule has 0 bridgehead atoms. The average Bonchev–Trinajstić information content (AvgIpc) is 2.07. The highest BCUT2D eigenvalue weighted by molar-refractivity contribution is 7.94. The van der Waals surface area contributed by atoms with E-state index in [-0.39, 0.29) is 0 Å². The second-order valence-corrected chi connectivity index (χ2v) is 3.43. The van der Waals surface area contributed by atoms with Gasteiger partial charge in [-0.05, 0) is 24.6 Å². The van der Waals surface area contributed by atoms with Gasteiger partial charge >= 0.3 is 0 Å². The van der Waals surface area contributed by atoms with E-state index in [1.165, 1.54) is 0 Å². The molecule has 1 aromatic rings. The summed E-state index contributed by atoms with van der Waals surface area (Å²) in [5.41, 5.74) is 1.09. The van der Waals surface area contributed by atoms with Gasteiger partial charge in [0.25, 0.3) is 0 Å². The summed E-state index contributed by atoms with van der Waals surface area (Å²) in [6.07, 6.45) is 0. The van der Waals surface area contributed by atoms with Crippen LogP contribution in [-0.2, 0) is 9.37 Å². The first-order valence-electron chi connectivity index (χ1n) is 3.18. The summed E-state index contributed by atoms with van der Waals surface area (Å²) < 4.78 is 4.25. The van der Waals surface area contributed by atoms with Crippen molar-refractivity contribution in [1.82, 2.24) is 0 Å². The molecule has 1 rings (SSSR count). The highest BCUT2D eigenvalue weighted by Gasteiger charge is 1.98. The zero-order valence-electron chi connectivity index (χ0n) is 6.35. The van der Waals surface area contributed by atoms with Crippen LogP contribution in [0.2, 0.25) is 0 Å². The predicted octanol–water partition coefficient (Wildman–Crippen LogP) is 2.71. The molecule has 0 fully saturated rings. The van der Waals surface area contributed by atoms with Gasteiger partial charge in [0.15, 0.2) is 0 Å². The third kappa shape index (κ3) is 2.69. The predicted molar refractivity (Wildman–Crippen MR) is 49.1 cm³/mol. The van der Waals surface area contributed by atoms with Crippen LogP contribution in [-0.4, -0.2) is 5.26 Å². The largest absolute Gasteiger partial charge is 0.220 e. The molecular formula is C7H8O3S2. The number of rotatable bonds is 3. The molecule has 0 aliphatic heterocycles. The summed E-state index contributed by atoms with van der Waals surface area (Å²) in [6.45, 7) is 1.96. The van der Waals surface area contributed by atoms with Gasteiger partial charge in [0.05, 0.1) is 12.0 Å². The molecule has 1 N–H and O–H groups in total. The molecule has 0 amide bonds. The maximum atomic E-state index is 7.89. The lowest BCUT2D eigenvalue weighted by atomic mass is 10.2. The molecule has 0 spiro atoms. The van der Waals surface area contributed by atoms with Crippen molar-refractivity contribution in [2.45, 2.75) is 16.7 Å². The van der Waals surface area contributed by atoms with E-state index in [0.29, 0.717) is 0 Å². The first-order chi connectivity index (χ1) is 5.74. The molecule has 12 heavy (non-hydrogen) atoms. The van der Waals surface area contributed by atoms with Gasteiger partial charge in [-0.15, -0.1) is 17.0 Å². The maximum Gasteiger partial charge on any atom is 0.0714 e. The fourth-order valence-corrected chi connectivity index (χ4v) is 1.40. The highest BCUT2D eigenvalue weighted by Crippen LogP contribution is 2.23. The van der Waals surface area contributed by atoms with Gasteiger partial charge in [0.2, 0.25) is 0 Å². The van der Waals surface area contributed by atoms with Crippen LogP contribution in [0, 0.1) is 6.92 Å². The number of thiol groups is 1. The summed E-state index contributed by atoms with van der Waals surface area (Å²) in [5.74, 6) is 0. The smallest absolute Gasteiger partial charge is 0.0714 e. The number of aryl methyl sites for hydroxylation is 1.